The van der Waals surface area contributed by atoms with Gasteiger partial charge in [0.2, 0.25) is 0 Å². The summed E-state index contributed by atoms with van der Waals surface area (Å²) in [5.41, 5.74) is 1.25. The maximum Gasteiger partial charge on any atom is 0.191 e. The minimum atomic E-state index is -2.96. The van der Waals surface area contributed by atoms with Crippen LogP contribution in [0.2, 0.25) is 0 Å². The number of ether oxygens (including phenoxy) is 1. The smallest absolute Gasteiger partial charge is 0.191 e. The van der Waals surface area contributed by atoms with Crippen LogP contribution >= 0.6 is 0 Å². The first-order chi connectivity index (χ1) is 11.9. The number of rotatable bonds is 10. The highest BCUT2D eigenvalue weighted by molar-refractivity contribution is 7.91. The molecule has 6 nitrogen and oxygen atoms in total. The Balaban J connectivity index is 2.50. The van der Waals surface area contributed by atoms with E-state index in [2.05, 4.69) is 34.7 Å². The van der Waals surface area contributed by atoms with Crippen molar-refractivity contribution in [3.8, 4) is 5.75 Å². The molecule has 0 bridgehead atoms. The standard InChI is InChI=1S/C18H31N3O3S/c1-5-19-18(21-13-14-25(22,23)6-2)20-12-11-15(3)16-7-9-17(24-4)10-8-16/h7-10,15H,5-6,11-14H2,1-4H3,(H2,19,20,21). The zero-order valence-corrected chi connectivity index (χ0v) is 16.5. The number of nitrogens with one attached hydrogen (secondary N) is 2. The van der Waals surface area contributed by atoms with Crippen molar-refractivity contribution in [3.63, 3.8) is 0 Å². The van der Waals surface area contributed by atoms with Crippen molar-refractivity contribution in [1.29, 1.82) is 0 Å². The van der Waals surface area contributed by atoms with Gasteiger partial charge in [0.05, 0.1) is 12.9 Å². The zero-order valence-electron chi connectivity index (χ0n) is 15.7. The van der Waals surface area contributed by atoms with E-state index < -0.39 is 9.84 Å². The second kappa shape index (κ2) is 11.0. The van der Waals surface area contributed by atoms with Crippen LogP contribution in [0.25, 0.3) is 0 Å². The van der Waals surface area contributed by atoms with E-state index in [1.165, 1.54) is 5.56 Å². The minimum Gasteiger partial charge on any atom is -0.497 e. The first-order valence-electron chi connectivity index (χ1n) is 8.78. The molecule has 0 saturated heterocycles. The van der Waals surface area contributed by atoms with E-state index in [1.807, 2.05) is 19.1 Å². The first kappa shape index (κ1) is 21.3. The van der Waals surface area contributed by atoms with Crippen LogP contribution in [-0.4, -0.2) is 52.6 Å². The number of benzene rings is 1. The summed E-state index contributed by atoms with van der Waals surface area (Å²) >= 11 is 0. The topological polar surface area (TPSA) is 79.8 Å². The molecule has 142 valence electrons. The summed E-state index contributed by atoms with van der Waals surface area (Å²) in [7, 11) is -1.30. The van der Waals surface area contributed by atoms with Crippen LogP contribution in [0.1, 0.15) is 38.7 Å². The number of sulfone groups is 1. The van der Waals surface area contributed by atoms with E-state index in [-0.39, 0.29) is 11.5 Å². The normalized spacial score (nSPS) is 13.4. The van der Waals surface area contributed by atoms with Crippen LogP contribution in [0.5, 0.6) is 5.75 Å². The molecule has 7 heteroatoms. The molecule has 2 N–H and O–H groups in total. The van der Waals surface area contributed by atoms with Crippen LogP contribution in [0, 0.1) is 0 Å². The zero-order chi connectivity index (χ0) is 18.7. The molecule has 1 aromatic rings. The first-order valence-corrected chi connectivity index (χ1v) is 10.6. The minimum absolute atomic E-state index is 0.121. The van der Waals surface area contributed by atoms with Crippen LogP contribution in [0.3, 0.4) is 0 Å². The molecule has 1 rings (SSSR count). The van der Waals surface area contributed by atoms with E-state index in [9.17, 15) is 8.42 Å². The van der Waals surface area contributed by atoms with Gasteiger partial charge in [-0.25, -0.2) is 8.42 Å². The van der Waals surface area contributed by atoms with Gasteiger partial charge < -0.3 is 15.4 Å². The van der Waals surface area contributed by atoms with Gasteiger partial charge in [0.15, 0.2) is 15.8 Å². The molecular formula is C18H31N3O3S. The average Bonchev–Trinajstić information content (AvgIpc) is 2.61. The van der Waals surface area contributed by atoms with Crippen molar-refractivity contribution in [2.45, 2.75) is 33.1 Å². The van der Waals surface area contributed by atoms with E-state index >= 15 is 0 Å². The Labute approximate surface area is 152 Å². The summed E-state index contributed by atoms with van der Waals surface area (Å²) in [6.45, 7) is 7.60. The third-order valence-electron chi connectivity index (χ3n) is 4.01. The molecule has 1 unspecified atom stereocenters. The van der Waals surface area contributed by atoms with E-state index in [0.29, 0.717) is 25.0 Å². The maximum absolute atomic E-state index is 11.5. The maximum atomic E-state index is 11.5. The van der Waals surface area contributed by atoms with Crippen molar-refractivity contribution in [3.05, 3.63) is 29.8 Å². The number of guanidine groups is 1. The molecule has 1 atom stereocenters. The fourth-order valence-corrected chi connectivity index (χ4v) is 2.98. The summed E-state index contributed by atoms with van der Waals surface area (Å²) in [6.07, 6.45) is 0.913. The molecule has 0 radical (unpaired) electrons. The van der Waals surface area contributed by atoms with Crippen LogP contribution in [0.15, 0.2) is 29.3 Å². The molecular weight excluding hydrogens is 338 g/mol. The molecule has 0 saturated carbocycles. The number of methoxy groups -OCH3 is 1. The molecule has 0 fully saturated rings. The van der Waals surface area contributed by atoms with Crippen molar-refractivity contribution in [1.82, 2.24) is 10.6 Å². The lowest BCUT2D eigenvalue weighted by Crippen LogP contribution is -2.39. The van der Waals surface area contributed by atoms with Gasteiger partial charge in [0, 0.05) is 25.4 Å². The quantitative estimate of drug-likeness (QED) is 0.488. The predicted octanol–water partition coefficient (Wildman–Crippen LogP) is 2.18. The van der Waals surface area contributed by atoms with E-state index in [1.54, 1.807) is 14.0 Å². The highest BCUT2D eigenvalue weighted by Gasteiger charge is 2.08. The van der Waals surface area contributed by atoms with Crippen LogP contribution in [-0.2, 0) is 9.84 Å². The Morgan fingerprint density at radius 3 is 2.44 bits per heavy atom. The van der Waals surface area contributed by atoms with Crippen molar-refractivity contribution < 1.29 is 13.2 Å². The number of aliphatic imine (C=N–C) groups is 1. The van der Waals surface area contributed by atoms with Gasteiger partial charge in [-0.05, 0) is 37.0 Å². The Kier molecular flexibility index (Phi) is 9.34. The van der Waals surface area contributed by atoms with Gasteiger partial charge in [-0.15, -0.1) is 0 Å². The Hall–Kier alpha value is -1.76. The third-order valence-corrected chi connectivity index (χ3v) is 5.71. The lowest BCUT2D eigenvalue weighted by Gasteiger charge is -2.13. The number of hydrogen-bond donors (Lipinski definition) is 2. The van der Waals surface area contributed by atoms with Gasteiger partial charge >= 0.3 is 0 Å². The Morgan fingerprint density at radius 1 is 1.20 bits per heavy atom. The molecule has 0 aliphatic heterocycles. The van der Waals surface area contributed by atoms with Crippen LogP contribution < -0.4 is 15.4 Å². The SMILES string of the molecule is CCNC(=NCCC(C)c1ccc(OC)cc1)NCCS(=O)(=O)CC. The van der Waals surface area contributed by atoms with Crippen molar-refractivity contribution >= 4 is 15.8 Å². The molecule has 0 aliphatic carbocycles. The number of hydrogen-bond acceptors (Lipinski definition) is 4. The summed E-state index contributed by atoms with van der Waals surface area (Å²) in [5.74, 6) is 2.20. The third kappa shape index (κ3) is 8.25. The van der Waals surface area contributed by atoms with Crippen molar-refractivity contribution in [2.24, 2.45) is 4.99 Å². The second-order valence-corrected chi connectivity index (χ2v) is 8.36. The summed E-state index contributed by atoms with van der Waals surface area (Å²) in [5, 5.41) is 6.23. The van der Waals surface area contributed by atoms with Crippen LogP contribution in [0.4, 0.5) is 0 Å². The molecule has 0 aromatic heterocycles. The average molecular weight is 370 g/mol. The fourth-order valence-electron chi connectivity index (χ4n) is 2.28. The molecule has 0 spiro atoms. The summed E-state index contributed by atoms with van der Waals surface area (Å²) in [4.78, 5) is 4.53. The van der Waals surface area contributed by atoms with Gasteiger partial charge in [-0.2, -0.15) is 0 Å². The largest absolute Gasteiger partial charge is 0.497 e. The molecule has 0 amide bonds. The predicted molar refractivity (Wildman–Crippen MR) is 104 cm³/mol. The fraction of sp³-hybridized carbons (Fsp3) is 0.611. The summed E-state index contributed by atoms with van der Waals surface area (Å²) < 4.78 is 28.2. The van der Waals surface area contributed by atoms with E-state index in [0.717, 1.165) is 18.7 Å². The monoisotopic (exact) mass is 369 g/mol. The van der Waals surface area contributed by atoms with Gasteiger partial charge in [0.1, 0.15) is 5.75 Å². The van der Waals surface area contributed by atoms with Gasteiger partial charge in [-0.1, -0.05) is 26.0 Å². The molecule has 0 aliphatic rings. The van der Waals surface area contributed by atoms with E-state index in [4.69, 9.17) is 4.74 Å². The Morgan fingerprint density at radius 2 is 1.88 bits per heavy atom. The second-order valence-electron chi connectivity index (χ2n) is 5.89. The number of nitrogens with zero attached hydrogens (tertiary/aromatic N) is 1. The lowest BCUT2D eigenvalue weighted by molar-refractivity contribution is 0.414. The van der Waals surface area contributed by atoms with Gasteiger partial charge in [-0.3, -0.25) is 4.99 Å². The van der Waals surface area contributed by atoms with Gasteiger partial charge in [0.25, 0.3) is 0 Å². The molecule has 0 heterocycles. The molecule has 25 heavy (non-hydrogen) atoms. The highest BCUT2D eigenvalue weighted by atomic mass is 32.2. The van der Waals surface area contributed by atoms with Crippen molar-refractivity contribution in [2.75, 3.05) is 38.2 Å². The Bertz CT molecular complexity index is 627. The lowest BCUT2D eigenvalue weighted by atomic mass is 9.98. The summed E-state index contributed by atoms with van der Waals surface area (Å²) in [6, 6.07) is 8.09. The molecule has 1 aromatic carbocycles. The highest BCUT2D eigenvalue weighted by Crippen LogP contribution is 2.21.